The van der Waals surface area contributed by atoms with Gasteiger partial charge in [0, 0.05) is 23.8 Å². The van der Waals surface area contributed by atoms with Crippen LogP contribution < -0.4 is 5.32 Å². The van der Waals surface area contributed by atoms with Crippen molar-refractivity contribution in [2.24, 2.45) is 7.05 Å². The minimum absolute atomic E-state index is 0.800. The third-order valence-electron chi connectivity index (χ3n) is 2.47. The van der Waals surface area contributed by atoms with Gasteiger partial charge in [0.05, 0.1) is 12.2 Å². The SMILES string of the molecule is CSc1cccc(NCc2ccnn2C)c1. The molecule has 0 unspecified atom stereocenters. The standard InChI is InChI=1S/C12H15N3S/c1-15-11(6-7-14-15)9-13-10-4-3-5-12(8-10)16-2/h3-8,13H,9H2,1-2H3. The summed E-state index contributed by atoms with van der Waals surface area (Å²) in [5.74, 6) is 0. The van der Waals surface area contributed by atoms with E-state index in [1.807, 2.05) is 24.0 Å². The molecule has 16 heavy (non-hydrogen) atoms. The first-order chi connectivity index (χ1) is 7.79. The quantitative estimate of drug-likeness (QED) is 0.824. The van der Waals surface area contributed by atoms with Crippen molar-refractivity contribution in [3.63, 3.8) is 0 Å². The highest BCUT2D eigenvalue weighted by molar-refractivity contribution is 7.98. The molecular formula is C12H15N3S. The maximum absolute atomic E-state index is 4.14. The third-order valence-corrected chi connectivity index (χ3v) is 3.19. The van der Waals surface area contributed by atoms with Crippen molar-refractivity contribution >= 4 is 17.4 Å². The minimum Gasteiger partial charge on any atom is -0.379 e. The van der Waals surface area contributed by atoms with Gasteiger partial charge in [-0.05, 0) is 30.5 Å². The Bertz CT molecular complexity index is 465. The van der Waals surface area contributed by atoms with Gasteiger partial charge in [-0.25, -0.2) is 0 Å². The Morgan fingerprint density at radius 2 is 2.25 bits per heavy atom. The number of aryl methyl sites for hydroxylation is 1. The predicted octanol–water partition coefficient (Wildman–Crippen LogP) is 2.75. The van der Waals surface area contributed by atoms with Crippen molar-refractivity contribution in [1.82, 2.24) is 9.78 Å². The molecule has 2 rings (SSSR count). The number of aromatic nitrogens is 2. The van der Waals surface area contributed by atoms with Gasteiger partial charge in [-0.15, -0.1) is 11.8 Å². The van der Waals surface area contributed by atoms with Gasteiger partial charge in [0.25, 0.3) is 0 Å². The summed E-state index contributed by atoms with van der Waals surface area (Å²) in [6.45, 7) is 0.800. The third kappa shape index (κ3) is 2.58. The minimum atomic E-state index is 0.800. The summed E-state index contributed by atoms with van der Waals surface area (Å²) in [6.07, 6.45) is 3.90. The van der Waals surface area contributed by atoms with E-state index in [1.54, 1.807) is 11.8 Å². The summed E-state index contributed by atoms with van der Waals surface area (Å²) in [5, 5.41) is 7.52. The molecule has 0 aliphatic rings. The predicted molar refractivity (Wildman–Crippen MR) is 68.8 cm³/mol. The molecule has 0 aliphatic carbocycles. The second kappa shape index (κ2) is 5.07. The Labute approximate surface area is 99.9 Å². The number of rotatable bonds is 4. The van der Waals surface area contributed by atoms with Crippen LogP contribution in [0.25, 0.3) is 0 Å². The molecule has 1 aromatic heterocycles. The monoisotopic (exact) mass is 233 g/mol. The van der Waals surface area contributed by atoms with Gasteiger partial charge in [0.2, 0.25) is 0 Å². The fraction of sp³-hybridized carbons (Fsp3) is 0.250. The van der Waals surface area contributed by atoms with E-state index in [-0.39, 0.29) is 0 Å². The molecule has 3 nitrogen and oxygen atoms in total. The summed E-state index contributed by atoms with van der Waals surface area (Å²) < 4.78 is 1.88. The van der Waals surface area contributed by atoms with Gasteiger partial charge in [-0.3, -0.25) is 4.68 Å². The molecule has 0 spiro atoms. The summed E-state index contributed by atoms with van der Waals surface area (Å²) in [4.78, 5) is 1.27. The van der Waals surface area contributed by atoms with Gasteiger partial charge in [0.1, 0.15) is 0 Å². The highest BCUT2D eigenvalue weighted by atomic mass is 32.2. The molecule has 0 aliphatic heterocycles. The van der Waals surface area contributed by atoms with E-state index in [9.17, 15) is 0 Å². The molecule has 2 aromatic rings. The zero-order valence-corrected chi connectivity index (χ0v) is 10.3. The lowest BCUT2D eigenvalue weighted by molar-refractivity contribution is 0.720. The van der Waals surface area contributed by atoms with E-state index in [1.165, 1.54) is 10.6 Å². The Balaban J connectivity index is 2.02. The second-order valence-electron chi connectivity index (χ2n) is 3.53. The van der Waals surface area contributed by atoms with E-state index < -0.39 is 0 Å². The Morgan fingerprint density at radius 3 is 2.94 bits per heavy atom. The topological polar surface area (TPSA) is 29.9 Å². The number of anilines is 1. The molecule has 0 amide bonds. The Hall–Kier alpha value is -1.42. The normalized spacial score (nSPS) is 10.4. The number of nitrogens with zero attached hydrogens (tertiary/aromatic N) is 2. The fourth-order valence-corrected chi connectivity index (χ4v) is 1.96. The first-order valence-electron chi connectivity index (χ1n) is 5.14. The van der Waals surface area contributed by atoms with Crippen molar-refractivity contribution in [3.8, 4) is 0 Å². The number of hydrogen-bond acceptors (Lipinski definition) is 3. The fourth-order valence-electron chi connectivity index (χ4n) is 1.50. The van der Waals surface area contributed by atoms with Gasteiger partial charge < -0.3 is 5.32 Å². The molecule has 0 radical (unpaired) electrons. The molecule has 0 saturated carbocycles. The zero-order chi connectivity index (χ0) is 11.4. The number of nitrogens with one attached hydrogen (secondary N) is 1. The average Bonchev–Trinajstić information content (AvgIpc) is 2.72. The maximum atomic E-state index is 4.14. The highest BCUT2D eigenvalue weighted by Crippen LogP contribution is 2.19. The summed E-state index contributed by atoms with van der Waals surface area (Å²) in [6, 6.07) is 10.4. The van der Waals surface area contributed by atoms with E-state index in [0.717, 1.165) is 12.2 Å². The van der Waals surface area contributed by atoms with Crippen LogP contribution in [0.3, 0.4) is 0 Å². The van der Waals surface area contributed by atoms with E-state index >= 15 is 0 Å². The largest absolute Gasteiger partial charge is 0.379 e. The van der Waals surface area contributed by atoms with E-state index in [4.69, 9.17) is 0 Å². The van der Waals surface area contributed by atoms with E-state index in [2.05, 4.69) is 40.9 Å². The lowest BCUT2D eigenvalue weighted by Crippen LogP contribution is -2.05. The van der Waals surface area contributed by atoms with Crippen LogP contribution in [0.4, 0.5) is 5.69 Å². The smallest absolute Gasteiger partial charge is 0.0571 e. The van der Waals surface area contributed by atoms with Crippen LogP contribution in [0.1, 0.15) is 5.69 Å². The first-order valence-corrected chi connectivity index (χ1v) is 6.37. The van der Waals surface area contributed by atoms with E-state index in [0.29, 0.717) is 0 Å². The van der Waals surface area contributed by atoms with Crippen LogP contribution >= 0.6 is 11.8 Å². The lowest BCUT2D eigenvalue weighted by atomic mass is 10.3. The molecule has 0 saturated heterocycles. The molecule has 4 heteroatoms. The molecule has 84 valence electrons. The first kappa shape index (κ1) is 11.1. The second-order valence-corrected chi connectivity index (χ2v) is 4.41. The zero-order valence-electron chi connectivity index (χ0n) is 9.47. The van der Waals surface area contributed by atoms with Gasteiger partial charge >= 0.3 is 0 Å². The van der Waals surface area contributed by atoms with Gasteiger partial charge in [-0.1, -0.05) is 6.07 Å². The number of benzene rings is 1. The van der Waals surface area contributed by atoms with Crippen molar-refractivity contribution in [2.75, 3.05) is 11.6 Å². The maximum Gasteiger partial charge on any atom is 0.0571 e. The van der Waals surface area contributed by atoms with Gasteiger partial charge in [-0.2, -0.15) is 5.10 Å². The molecular weight excluding hydrogens is 218 g/mol. The molecule has 1 N–H and O–H groups in total. The summed E-state index contributed by atoms with van der Waals surface area (Å²) in [7, 11) is 1.95. The van der Waals surface area contributed by atoms with Crippen molar-refractivity contribution in [1.29, 1.82) is 0 Å². The van der Waals surface area contributed by atoms with Crippen LogP contribution in [-0.4, -0.2) is 16.0 Å². The summed E-state index contributed by atoms with van der Waals surface area (Å²) in [5.41, 5.74) is 2.32. The van der Waals surface area contributed by atoms with Crippen LogP contribution in [-0.2, 0) is 13.6 Å². The van der Waals surface area contributed by atoms with Crippen LogP contribution in [0.2, 0.25) is 0 Å². The molecule has 0 atom stereocenters. The van der Waals surface area contributed by atoms with Crippen LogP contribution in [0, 0.1) is 0 Å². The highest BCUT2D eigenvalue weighted by Gasteiger charge is 1.98. The lowest BCUT2D eigenvalue weighted by Gasteiger charge is -2.07. The molecule has 1 heterocycles. The van der Waals surface area contributed by atoms with Crippen LogP contribution in [0.5, 0.6) is 0 Å². The molecule has 0 fully saturated rings. The Morgan fingerprint density at radius 1 is 1.38 bits per heavy atom. The summed E-state index contributed by atoms with van der Waals surface area (Å²) >= 11 is 1.75. The van der Waals surface area contributed by atoms with Crippen molar-refractivity contribution < 1.29 is 0 Å². The number of hydrogen-bond donors (Lipinski definition) is 1. The number of thioether (sulfide) groups is 1. The van der Waals surface area contributed by atoms with Crippen molar-refractivity contribution in [3.05, 3.63) is 42.2 Å². The average molecular weight is 233 g/mol. The van der Waals surface area contributed by atoms with Crippen molar-refractivity contribution in [2.45, 2.75) is 11.4 Å². The molecule has 0 bridgehead atoms. The molecule has 1 aromatic carbocycles. The van der Waals surface area contributed by atoms with Crippen LogP contribution in [0.15, 0.2) is 41.4 Å². The van der Waals surface area contributed by atoms with Gasteiger partial charge in [0.15, 0.2) is 0 Å². The Kier molecular flexibility index (Phi) is 3.51.